The number of nitrogens with zero attached hydrogens (tertiary/aromatic N) is 2. The lowest BCUT2D eigenvalue weighted by atomic mass is 10.1. The van der Waals surface area contributed by atoms with Crippen LogP contribution in [0.2, 0.25) is 0 Å². The van der Waals surface area contributed by atoms with Crippen molar-refractivity contribution in [3.05, 3.63) is 53.6 Å². The minimum absolute atomic E-state index is 0.0363. The minimum atomic E-state index is -1.10. The molecule has 0 fully saturated rings. The zero-order valence-electron chi connectivity index (χ0n) is 9.98. The second-order valence-electron chi connectivity index (χ2n) is 4.01. The SMILES string of the molecule is CCc1nccn1CC(O)c1cccc(F)c1F. The molecule has 5 heteroatoms. The average molecular weight is 252 g/mol. The smallest absolute Gasteiger partial charge is 0.164 e. The van der Waals surface area contributed by atoms with Crippen LogP contribution in [0.3, 0.4) is 0 Å². The number of aryl methyl sites for hydroxylation is 1. The van der Waals surface area contributed by atoms with E-state index in [2.05, 4.69) is 4.98 Å². The van der Waals surface area contributed by atoms with Gasteiger partial charge in [0.05, 0.1) is 12.6 Å². The van der Waals surface area contributed by atoms with Gasteiger partial charge in [-0.05, 0) is 6.07 Å². The highest BCUT2D eigenvalue weighted by molar-refractivity contribution is 5.21. The Bertz CT molecular complexity index is 540. The summed E-state index contributed by atoms with van der Waals surface area (Å²) in [6, 6.07) is 3.79. The zero-order chi connectivity index (χ0) is 13.1. The molecule has 1 aromatic heterocycles. The van der Waals surface area contributed by atoms with E-state index in [-0.39, 0.29) is 12.1 Å². The molecule has 1 atom stereocenters. The number of halogens is 2. The summed E-state index contributed by atoms with van der Waals surface area (Å²) in [5, 5.41) is 9.96. The molecule has 0 aliphatic carbocycles. The van der Waals surface area contributed by atoms with E-state index < -0.39 is 17.7 Å². The molecule has 0 bridgehead atoms. The van der Waals surface area contributed by atoms with Gasteiger partial charge in [0.1, 0.15) is 5.82 Å². The molecule has 1 aromatic carbocycles. The molecular formula is C13H14F2N2O. The fourth-order valence-electron chi connectivity index (χ4n) is 1.88. The topological polar surface area (TPSA) is 38.0 Å². The largest absolute Gasteiger partial charge is 0.386 e. The van der Waals surface area contributed by atoms with Gasteiger partial charge in [-0.25, -0.2) is 13.8 Å². The molecule has 0 amide bonds. The number of aliphatic hydroxyl groups excluding tert-OH is 1. The third kappa shape index (κ3) is 2.41. The maximum atomic E-state index is 13.5. The summed E-state index contributed by atoms with van der Waals surface area (Å²) in [4.78, 5) is 4.11. The molecule has 0 spiro atoms. The third-order valence-electron chi connectivity index (χ3n) is 2.83. The molecule has 2 aromatic rings. The Morgan fingerprint density at radius 2 is 2.17 bits per heavy atom. The van der Waals surface area contributed by atoms with Gasteiger partial charge in [0, 0.05) is 24.4 Å². The first-order valence-corrected chi connectivity index (χ1v) is 5.75. The summed E-state index contributed by atoms with van der Waals surface area (Å²) in [5.74, 6) is -1.15. The lowest BCUT2D eigenvalue weighted by Gasteiger charge is -2.14. The number of imidazole rings is 1. The van der Waals surface area contributed by atoms with Gasteiger partial charge in [0.15, 0.2) is 11.6 Å². The Morgan fingerprint density at radius 1 is 1.39 bits per heavy atom. The minimum Gasteiger partial charge on any atom is -0.386 e. The van der Waals surface area contributed by atoms with Crippen molar-refractivity contribution >= 4 is 0 Å². The van der Waals surface area contributed by atoms with Crippen LogP contribution >= 0.6 is 0 Å². The molecule has 0 radical (unpaired) electrons. The fraction of sp³-hybridized carbons (Fsp3) is 0.308. The van der Waals surface area contributed by atoms with Gasteiger partial charge in [-0.2, -0.15) is 0 Å². The molecule has 0 aliphatic heterocycles. The standard InChI is InChI=1S/C13H14F2N2O/c1-2-12-16-6-7-17(12)8-11(18)9-4-3-5-10(14)13(9)15/h3-7,11,18H,2,8H2,1H3. The maximum absolute atomic E-state index is 13.5. The molecule has 1 N–H and O–H groups in total. The van der Waals surface area contributed by atoms with Gasteiger partial charge in [-0.1, -0.05) is 19.1 Å². The van der Waals surface area contributed by atoms with Crippen molar-refractivity contribution in [3.8, 4) is 0 Å². The van der Waals surface area contributed by atoms with Crippen LogP contribution in [0.1, 0.15) is 24.4 Å². The molecule has 0 saturated heterocycles. The summed E-state index contributed by atoms with van der Waals surface area (Å²) in [6.45, 7) is 2.09. The predicted octanol–water partition coefficient (Wildman–Crippen LogP) is 2.46. The van der Waals surface area contributed by atoms with Crippen LogP contribution in [0, 0.1) is 11.6 Å². The Balaban J connectivity index is 2.22. The molecule has 18 heavy (non-hydrogen) atoms. The van der Waals surface area contributed by atoms with Crippen LogP contribution < -0.4 is 0 Å². The highest BCUT2D eigenvalue weighted by Gasteiger charge is 2.17. The number of aliphatic hydroxyl groups is 1. The average Bonchev–Trinajstić information content (AvgIpc) is 2.79. The normalized spacial score (nSPS) is 12.7. The molecule has 1 unspecified atom stereocenters. The van der Waals surface area contributed by atoms with E-state index >= 15 is 0 Å². The molecule has 96 valence electrons. The Hall–Kier alpha value is -1.75. The number of aromatic nitrogens is 2. The highest BCUT2D eigenvalue weighted by Crippen LogP contribution is 2.21. The van der Waals surface area contributed by atoms with E-state index in [0.717, 1.165) is 11.9 Å². The quantitative estimate of drug-likeness (QED) is 0.907. The summed E-state index contributed by atoms with van der Waals surface area (Å²) >= 11 is 0. The van der Waals surface area contributed by atoms with Gasteiger partial charge < -0.3 is 9.67 Å². The first-order valence-electron chi connectivity index (χ1n) is 5.75. The van der Waals surface area contributed by atoms with E-state index in [0.29, 0.717) is 6.42 Å². The van der Waals surface area contributed by atoms with Crippen LogP contribution in [-0.4, -0.2) is 14.7 Å². The third-order valence-corrected chi connectivity index (χ3v) is 2.83. The zero-order valence-corrected chi connectivity index (χ0v) is 9.98. The van der Waals surface area contributed by atoms with E-state index in [4.69, 9.17) is 0 Å². The maximum Gasteiger partial charge on any atom is 0.164 e. The summed E-state index contributed by atoms with van der Waals surface area (Å²) in [6.07, 6.45) is 2.94. The predicted molar refractivity (Wildman–Crippen MR) is 62.9 cm³/mol. The monoisotopic (exact) mass is 252 g/mol. The van der Waals surface area contributed by atoms with Gasteiger partial charge >= 0.3 is 0 Å². The van der Waals surface area contributed by atoms with Crippen molar-refractivity contribution < 1.29 is 13.9 Å². The second-order valence-corrected chi connectivity index (χ2v) is 4.01. The first kappa shape index (κ1) is 12.7. The summed E-state index contributed by atoms with van der Waals surface area (Å²) in [5.41, 5.74) is -0.0363. The van der Waals surface area contributed by atoms with Crippen molar-refractivity contribution in [3.63, 3.8) is 0 Å². The lowest BCUT2D eigenvalue weighted by Crippen LogP contribution is -2.12. The van der Waals surface area contributed by atoms with E-state index in [1.54, 1.807) is 17.0 Å². The lowest BCUT2D eigenvalue weighted by molar-refractivity contribution is 0.150. The second kappa shape index (κ2) is 5.27. The molecule has 0 saturated carbocycles. The summed E-state index contributed by atoms with van der Waals surface area (Å²) < 4.78 is 28.3. The van der Waals surface area contributed by atoms with Crippen LogP contribution in [-0.2, 0) is 13.0 Å². The van der Waals surface area contributed by atoms with Crippen LogP contribution in [0.4, 0.5) is 8.78 Å². The number of hydrogen-bond donors (Lipinski definition) is 1. The van der Waals surface area contributed by atoms with Crippen molar-refractivity contribution in [2.24, 2.45) is 0 Å². The first-order chi connectivity index (χ1) is 8.63. The molecule has 1 heterocycles. The fourth-order valence-corrected chi connectivity index (χ4v) is 1.88. The number of rotatable bonds is 4. The van der Waals surface area contributed by atoms with Gasteiger partial charge in [-0.15, -0.1) is 0 Å². The molecule has 0 aliphatic rings. The van der Waals surface area contributed by atoms with Crippen LogP contribution in [0.15, 0.2) is 30.6 Å². The number of hydrogen-bond acceptors (Lipinski definition) is 2. The molecule has 2 rings (SSSR count). The van der Waals surface area contributed by atoms with E-state index in [1.165, 1.54) is 12.1 Å². The van der Waals surface area contributed by atoms with Gasteiger partial charge in [0.2, 0.25) is 0 Å². The highest BCUT2D eigenvalue weighted by atomic mass is 19.2. The Morgan fingerprint density at radius 3 is 2.89 bits per heavy atom. The van der Waals surface area contributed by atoms with Crippen molar-refractivity contribution in [1.82, 2.24) is 9.55 Å². The Labute approximate surface area is 104 Å². The van der Waals surface area contributed by atoms with E-state index in [1.807, 2.05) is 6.92 Å². The van der Waals surface area contributed by atoms with Crippen LogP contribution in [0.5, 0.6) is 0 Å². The van der Waals surface area contributed by atoms with Gasteiger partial charge in [-0.3, -0.25) is 0 Å². The molecular weight excluding hydrogens is 238 g/mol. The Kier molecular flexibility index (Phi) is 3.72. The molecule has 3 nitrogen and oxygen atoms in total. The number of benzene rings is 1. The van der Waals surface area contributed by atoms with Crippen LogP contribution in [0.25, 0.3) is 0 Å². The van der Waals surface area contributed by atoms with Crippen molar-refractivity contribution in [1.29, 1.82) is 0 Å². The van der Waals surface area contributed by atoms with Crippen molar-refractivity contribution in [2.75, 3.05) is 0 Å². The van der Waals surface area contributed by atoms with Gasteiger partial charge in [0.25, 0.3) is 0 Å². The summed E-state index contributed by atoms with van der Waals surface area (Å²) in [7, 11) is 0. The van der Waals surface area contributed by atoms with E-state index in [9.17, 15) is 13.9 Å². The van der Waals surface area contributed by atoms with Crippen molar-refractivity contribution in [2.45, 2.75) is 26.0 Å².